The van der Waals surface area contributed by atoms with Crippen molar-refractivity contribution in [3.8, 4) is 0 Å². The maximum Gasteiger partial charge on any atom is 0.146 e. The van der Waals surface area contributed by atoms with E-state index in [-0.39, 0.29) is 11.9 Å². The normalized spacial score (nSPS) is 19.9. The third kappa shape index (κ3) is 3.30. The van der Waals surface area contributed by atoms with Gasteiger partial charge >= 0.3 is 0 Å². The molecule has 1 aliphatic heterocycles. The van der Waals surface area contributed by atoms with E-state index < -0.39 is 0 Å². The fraction of sp³-hybridized carbons (Fsp3) is 0.625. The summed E-state index contributed by atoms with van der Waals surface area (Å²) in [5.41, 5.74) is 7.35. The van der Waals surface area contributed by atoms with Crippen LogP contribution >= 0.6 is 0 Å². The van der Waals surface area contributed by atoms with Gasteiger partial charge < -0.3 is 10.6 Å². The number of nitrogens with zero attached hydrogens (tertiary/aromatic N) is 2. The molecule has 1 heterocycles. The van der Waals surface area contributed by atoms with Crippen LogP contribution in [0.2, 0.25) is 0 Å². The van der Waals surface area contributed by atoms with E-state index in [0.29, 0.717) is 11.7 Å². The van der Waals surface area contributed by atoms with Crippen LogP contribution in [0.25, 0.3) is 0 Å². The predicted octanol–water partition coefficient (Wildman–Crippen LogP) is 2.77. The quantitative estimate of drug-likeness (QED) is 0.920. The summed E-state index contributed by atoms with van der Waals surface area (Å²) < 4.78 is 14.2. The Hall–Kier alpha value is -1.13. The summed E-state index contributed by atoms with van der Waals surface area (Å²) in [6, 6.07) is 5.86. The first-order chi connectivity index (χ1) is 9.52. The molecule has 1 aromatic carbocycles. The van der Waals surface area contributed by atoms with Gasteiger partial charge in [0, 0.05) is 38.3 Å². The van der Waals surface area contributed by atoms with Gasteiger partial charge in [0.25, 0.3) is 0 Å². The number of hydrogen-bond acceptors (Lipinski definition) is 3. The zero-order valence-corrected chi connectivity index (χ0v) is 12.8. The van der Waals surface area contributed by atoms with Crippen LogP contribution < -0.4 is 10.6 Å². The summed E-state index contributed by atoms with van der Waals surface area (Å²) in [6.07, 6.45) is 1.16. The molecule has 0 bridgehead atoms. The van der Waals surface area contributed by atoms with Crippen molar-refractivity contribution in [2.45, 2.75) is 39.3 Å². The molecule has 20 heavy (non-hydrogen) atoms. The minimum absolute atomic E-state index is 0.124. The largest absolute Gasteiger partial charge is 0.367 e. The lowest BCUT2D eigenvalue weighted by Crippen LogP contribution is -2.49. The summed E-state index contributed by atoms with van der Waals surface area (Å²) in [5, 5.41) is 0. The Kier molecular flexibility index (Phi) is 5.00. The second kappa shape index (κ2) is 6.55. The Morgan fingerprint density at radius 3 is 2.35 bits per heavy atom. The van der Waals surface area contributed by atoms with Crippen LogP contribution in [0.3, 0.4) is 0 Å². The first kappa shape index (κ1) is 15.3. The molecule has 0 radical (unpaired) electrons. The van der Waals surface area contributed by atoms with Crippen molar-refractivity contribution in [2.75, 3.05) is 31.1 Å². The van der Waals surface area contributed by atoms with Gasteiger partial charge in [-0.25, -0.2) is 4.39 Å². The van der Waals surface area contributed by atoms with Crippen LogP contribution in [0.5, 0.6) is 0 Å². The molecule has 2 atom stereocenters. The van der Waals surface area contributed by atoms with Gasteiger partial charge in [0.1, 0.15) is 5.82 Å². The second-order valence-corrected chi connectivity index (χ2v) is 5.78. The first-order valence-electron chi connectivity index (χ1n) is 7.57. The highest BCUT2D eigenvalue weighted by Crippen LogP contribution is 2.24. The van der Waals surface area contributed by atoms with Crippen molar-refractivity contribution >= 4 is 5.69 Å². The molecule has 0 aliphatic carbocycles. The molecule has 1 aliphatic rings. The number of rotatable bonds is 4. The molecule has 0 saturated carbocycles. The van der Waals surface area contributed by atoms with Crippen molar-refractivity contribution in [3.05, 3.63) is 29.6 Å². The summed E-state index contributed by atoms with van der Waals surface area (Å²) in [7, 11) is 0. The second-order valence-electron chi connectivity index (χ2n) is 5.78. The van der Waals surface area contributed by atoms with Gasteiger partial charge in [-0.2, -0.15) is 0 Å². The Bertz CT molecular complexity index is 439. The van der Waals surface area contributed by atoms with Crippen LogP contribution in [0.15, 0.2) is 18.2 Å². The zero-order chi connectivity index (χ0) is 14.7. The average Bonchev–Trinajstić information content (AvgIpc) is 2.46. The number of anilines is 1. The Morgan fingerprint density at radius 2 is 1.85 bits per heavy atom. The molecular formula is C16H26FN3. The minimum atomic E-state index is -0.156. The smallest absolute Gasteiger partial charge is 0.146 e. The molecule has 4 heteroatoms. The zero-order valence-electron chi connectivity index (χ0n) is 12.8. The van der Waals surface area contributed by atoms with Gasteiger partial charge in [-0.05, 0) is 38.0 Å². The van der Waals surface area contributed by atoms with Crippen LogP contribution in [-0.2, 0) is 0 Å². The highest BCUT2D eigenvalue weighted by atomic mass is 19.1. The van der Waals surface area contributed by atoms with Gasteiger partial charge in [0.05, 0.1) is 5.69 Å². The SMILES string of the molecule is CCC(C)N1CCN(c2ccc([C@@H](C)N)cc2F)CC1. The van der Waals surface area contributed by atoms with E-state index >= 15 is 0 Å². The topological polar surface area (TPSA) is 32.5 Å². The molecule has 2 rings (SSSR count). The number of benzene rings is 1. The fourth-order valence-corrected chi connectivity index (χ4v) is 2.72. The van der Waals surface area contributed by atoms with Gasteiger partial charge in [0.15, 0.2) is 0 Å². The predicted molar refractivity (Wildman–Crippen MR) is 82.5 cm³/mol. The lowest BCUT2D eigenvalue weighted by Gasteiger charge is -2.39. The van der Waals surface area contributed by atoms with Crippen molar-refractivity contribution in [3.63, 3.8) is 0 Å². The minimum Gasteiger partial charge on any atom is -0.367 e. The third-order valence-corrected chi connectivity index (χ3v) is 4.37. The molecule has 1 saturated heterocycles. The maximum absolute atomic E-state index is 14.2. The van der Waals surface area contributed by atoms with Gasteiger partial charge in [-0.3, -0.25) is 4.90 Å². The number of nitrogens with two attached hydrogens (primary N) is 1. The molecule has 1 unspecified atom stereocenters. The van der Waals surface area contributed by atoms with E-state index in [1.165, 1.54) is 0 Å². The summed E-state index contributed by atoms with van der Waals surface area (Å²) >= 11 is 0. The van der Waals surface area contributed by atoms with Crippen molar-refractivity contribution in [1.29, 1.82) is 0 Å². The van der Waals surface area contributed by atoms with E-state index in [9.17, 15) is 4.39 Å². The van der Waals surface area contributed by atoms with Gasteiger partial charge in [-0.1, -0.05) is 13.0 Å². The molecular weight excluding hydrogens is 253 g/mol. The van der Waals surface area contributed by atoms with Crippen molar-refractivity contribution < 1.29 is 4.39 Å². The maximum atomic E-state index is 14.2. The monoisotopic (exact) mass is 279 g/mol. The average molecular weight is 279 g/mol. The van der Waals surface area contributed by atoms with Crippen molar-refractivity contribution in [1.82, 2.24) is 4.90 Å². The molecule has 112 valence electrons. The Labute approximate surface area is 121 Å². The Morgan fingerprint density at radius 1 is 1.20 bits per heavy atom. The van der Waals surface area contributed by atoms with Gasteiger partial charge in [0.2, 0.25) is 0 Å². The summed E-state index contributed by atoms with van der Waals surface area (Å²) in [4.78, 5) is 4.61. The Balaban J connectivity index is 2.04. The summed E-state index contributed by atoms with van der Waals surface area (Å²) in [5.74, 6) is -0.156. The van der Waals surface area contributed by atoms with Crippen LogP contribution in [0, 0.1) is 5.82 Å². The highest BCUT2D eigenvalue weighted by Gasteiger charge is 2.22. The number of piperazine rings is 1. The van der Waals surface area contributed by atoms with E-state index in [0.717, 1.165) is 38.2 Å². The van der Waals surface area contributed by atoms with E-state index in [2.05, 4.69) is 23.6 Å². The molecule has 0 spiro atoms. The lowest BCUT2D eigenvalue weighted by atomic mass is 10.1. The van der Waals surface area contributed by atoms with E-state index in [1.807, 2.05) is 19.1 Å². The van der Waals surface area contributed by atoms with E-state index in [1.54, 1.807) is 6.07 Å². The molecule has 1 fully saturated rings. The van der Waals surface area contributed by atoms with Crippen LogP contribution in [-0.4, -0.2) is 37.1 Å². The molecule has 2 N–H and O–H groups in total. The number of halogens is 1. The first-order valence-corrected chi connectivity index (χ1v) is 7.57. The van der Waals surface area contributed by atoms with Crippen molar-refractivity contribution in [2.24, 2.45) is 5.73 Å². The highest BCUT2D eigenvalue weighted by molar-refractivity contribution is 5.50. The molecule has 0 aromatic heterocycles. The third-order valence-electron chi connectivity index (χ3n) is 4.37. The molecule has 1 aromatic rings. The summed E-state index contributed by atoms with van der Waals surface area (Å²) in [6.45, 7) is 10.1. The molecule has 0 amide bonds. The lowest BCUT2D eigenvalue weighted by molar-refractivity contribution is 0.192. The molecule has 3 nitrogen and oxygen atoms in total. The van der Waals surface area contributed by atoms with E-state index in [4.69, 9.17) is 5.73 Å². The van der Waals surface area contributed by atoms with Gasteiger partial charge in [-0.15, -0.1) is 0 Å². The standard InChI is InChI=1S/C16H26FN3/c1-4-12(2)19-7-9-20(10-8-19)16-6-5-14(13(3)18)11-15(16)17/h5-6,11-13H,4,7-10,18H2,1-3H3/t12?,13-/m1/s1. The van der Waals surface area contributed by atoms with Crippen LogP contribution in [0.1, 0.15) is 38.8 Å². The number of hydrogen-bond donors (Lipinski definition) is 1. The fourth-order valence-electron chi connectivity index (χ4n) is 2.72. The van der Waals surface area contributed by atoms with Crippen LogP contribution in [0.4, 0.5) is 10.1 Å².